The molecule has 1 unspecified atom stereocenters. The summed E-state index contributed by atoms with van der Waals surface area (Å²) in [6.07, 6.45) is 2.07. The number of methoxy groups -OCH3 is 1. The normalized spacial score (nSPS) is 23.6. The Morgan fingerprint density at radius 2 is 2.00 bits per heavy atom. The van der Waals surface area contributed by atoms with Gasteiger partial charge >= 0.3 is 5.97 Å². The van der Waals surface area contributed by atoms with Crippen molar-refractivity contribution >= 4 is 11.7 Å². The van der Waals surface area contributed by atoms with Crippen LogP contribution >= 0.6 is 0 Å². The van der Waals surface area contributed by atoms with Gasteiger partial charge in [0.05, 0.1) is 23.9 Å². The molecule has 1 aliphatic carbocycles. The molecule has 0 heterocycles. The SMILES string of the molecule is COC(=O)/C=C/[C@@H]1C(c2ccc([N+](=O)[O-])cc2)C1(F)F. The first-order chi connectivity index (χ1) is 9.37. The second-order valence-corrected chi connectivity index (χ2v) is 4.41. The molecule has 1 aromatic carbocycles. The number of carbonyl (C=O) groups is 1. The number of non-ortho nitro benzene ring substituents is 1. The quantitative estimate of drug-likeness (QED) is 0.368. The number of esters is 1. The van der Waals surface area contributed by atoms with E-state index >= 15 is 0 Å². The minimum absolute atomic E-state index is 0.153. The Morgan fingerprint density at radius 1 is 1.40 bits per heavy atom. The molecule has 2 atom stereocenters. The van der Waals surface area contributed by atoms with Crippen LogP contribution in [0.3, 0.4) is 0 Å². The van der Waals surface area contributed by atoms with Crippen LogP contribution in [0.1, 0.15) is 11.5 Å². The van der Waals surface area contributed by atoms with Crippen LogP contribution in [0, 0.1) is 16.0 Å². The molecule has 2 rings (SSSR count). The number of carbonyl (C=O) groups excluding carboxylic acids is 1. The van der Waals surface area contributed by atoms with Crippen molar-refractivity contribution in [3.8, 4) is 0 Å². The summed E-state index contributed by atoms with van der Waals surface area (Å²) < 4.78 is 31.6. The number of nitro benzene ring substituents is 1. The van der Waals surface area contributed by atoms with Crippen molar-refractivity contribution in [2.24, 2.45) is 5.92 Å². The Balaban J connectivity index is 2.15. The molecule has 1 fully saturated rings. The molecule has 0 amide bonds. The van der Waals surface area contributed by atoms with E-state index in [0.29, 0.717) is 5.56 Å². The smallest absolute Gasteiger partial charge is 0.330 e. The summed E-state index contributed by atoms with van der Waals surface area (Å²) in [6.45, 7) is 0. The van der Waals surface area contributed by atoms with Gasteiger partial charge in [-0.15, -0.1) is 0 Å². The Hall–Kier alpha value is -2.31. The molecule has 0 bridgehead atoms. The van der Waals surface area contributed by atoms with Gasteiger partial charge in [0, 0.05) is 18.2 Å². The van der Waals surface area contributed by atoms with Crippen molar-refractivity contribution < 1.29 is 23.2 Å². The van der Waals surface area contributed by atoms with Gasteiger partial charge < -0.3 is 4.74 Å². The largest absolute Gasteiger partial charge is 0.466 e. The fourth-order valence-corrected chi connectivity index (χ4v) is 2.07. The van der Waals surface area contributed by atoms with Crippen molar-refractivity contribution in [2.75, 3.05) is 7.11 Å². The summed E-state index contributed by atoms with van der Waals surface area (Å²) in [5, 5.41) is 10.5. The van der Waals surface area contributed by atoms with Crippen molar-refractivity contribution in [1.29, 1.82) is 0 Å². The van der Waals surface area contributed by atoms with Crippen LogP contribution < -0.4 is 0 Å². The predicted octanol–water partition coefficient (Wildman–Crippen LogP) is 2.67. The van der Waals surface area contributed by atoms with Crippen LogP contribution in [-0.4, -0.2) is 23.9 Å². The number of hydrogen-bond acceptors (Lipinski definition) is 4. The fourth-order valence-electron chi connectivity index (χ4n) is 2.07. The number of allylic oxidation sites excluding steroid dienone is 1. The topological polar surface area (TPSA) is 69.4 Å². The number of halogens is 2. The summed E-state index contributed by atoms with van der Waals surface area (Å²) in [5.41, 5.74) is 0.152. The maximum absolute atomic E-state index is 13.6. The van der Waals surface area contributed by atoms with Crippen LogP contribution in [0.25, 0.3) is 0 Å². The Bertz CT molecular complexity index is 568. The number of rotatable bonds is 4. The lowest BCUT2D eigenvalue weighted by Gasteiger charge is -1.98. The Labute approximate surface area is 113 Å². The third kappa shape index (κ3) is 2.52. The van der Waals surface area contributed by atoms with E-state index in [0.717, 1.165) is 19.3 Å². The van der Waals surface area contributed by atoms with Crippen LogP contribution in [0.2, 0.25) is 0 Å². The van der Waals surface area contributed by atoms with Gasteiger partial charge in [-0.05, 0) is 5.56 Å². The average molecular weight is 283 g/mol. The lowest BCUT2D eigenvalue weighted by Crippen LogP contribution is -1.96. The van der Waals surface area contributed by atoms with Gasteiger partial charge in [-0.25, -0.2) is 13.6 Å². The van der Waals surface area contributed by atoms with Gasteiger partial charge in [-0.3, -0.25) is 10.1 Å². The zero-order valence-electron chi connectivity index (χ0n) is 10.5. The number of ether oxygens (including phenoxy) is 1. The first-order valence-electron chi connectivity index (χ1n) is 5.76. The molecular formula is C13H11F2NO4. The van der Waals surface area contributed by atoms with E-state index in [1.807, 2.05) is 0 Å². The van der Waals surface area contributed by atoms with Crippen molar-refractivity contribution in [1.82, 2.24) is 0 Å². The predicted molar refractivity (Wildman–Crippen MR) is 65.4 cm³/mol. The molecular weight excluding hydrogens is 272 g/mol. The second kappa shape index (κ2) is 4.99. The highest BCUT2D eigenvalue weighted by Gasteiger charge is 2.67. The first-order valence-corrected chi connectivity index (χ1v) is 5.76. The highest BCUT2D eigenvalue weighted by atomic mass is 19.3. The fraction of sp³-hybridized carbons (Fsp3) is 0.308. The van der Waals surface area contributed by atoms with E-state index in [2.05, 4.69) is 4.74 Å². The van der Waals surface area contributed by atoms with Gasteiger partial charge in [0.25, 0.3) is 11.6 Å². The molecule has 7 heteroatoms. The molecule has 1 aliphatic rings. The standard InChI is InChI=1S/C13H11F2NO4/c1-20-11(17)7-6-10-12(13(10,14)15)8-2-4-9(5-3-8)16(18)19/h2-7,10,12H,1H3/b7-6+/t10-,12?/m1/s1. The van der Waals surface area contributed by atoms with E-state index in [9.17, 15) is 23.7 Å². The second-order valence-electron chi connectivity index (χ2n) is 4.41. The minimum atomic E-state index is -2.96. The number of nitro groups is 1. The molecule has 0 spiro atoms. The summed E-state index contributed by atoms with van der Waals surface area (Å²) in [6, 6.07) is 4.99. The number of nitrogens with zero attached hydrogens (tertiary/aromatic N) is 1. The summed E-state index contributed by atoms with van der Waals surface area (Å²) in [4.78, 5) is 20.8. The summed E-state index contributed by atoms with van der Waals surface area (Å²) in [7, 11) is 1.16. The molecule has 0 aromatic heterocycles. The number of benzene rings is 1. The highest BCUT2D eigenvalue weighted by molar-refractivity contribution is 5.82. The van der Waals surface area contributed by atoms with Crippen molar-refractivity contribution in [3.63, 3.8) is 0 Å². The Morgan fingerprint density at radius 3 is 2.50 bits per heavy atom. The Kier molecular flexibility index (Phi) is 3.52. The van der Waals surface area contributed by atoms with Gasteiger partial charge in [-0.2, -0.15) is 0 Å². The van der Waals surface area contributed by atoms with Crippen molar-refractivity contribution in [2.45, 2.75) is 11.8 Å². The maximum Gasteiger partial charge on any atom is 0.330 e. The molecule has 0 aliphatic heterocycles. The summed E-state index contributed by atoms with van der Waals surface area (Å²) >= 11 is 0. The average Bonchev–Trinajstić information content (AvgIpc) is 2.97. The third-order valence-corrected chi connectivity index (χ3v) is 3.21. The molecule has 5 nitrogen and oxygen atoms in total. The maximum atomic E-state index is 13.6. The zero-order valence-corrected chi connectivity index (χ0v) is 10.5. The molecule has 0 saturated heterocycles. The molecule has 106 valence electrons. The van der Waals surface area contributed by atoms with Crippen LogP contribution in [0.4, 0.5) is 14.5 Å². The minimum Gasteiger partial charge on any atom is -0.466 e. The van der Waals surface area contributed by atoms with Gasteiger partial charge in [0.2, 0.25) is 0 Å². The van der Waals surface area contributed by atoms with Gasteiger partial charge in [-0.1, -0.05) is 18.2 Å². The zero-order chi connectivity index (χ0) is 14.9. The van der Waals surface area contributed by atoms with E-state index < -0.39 is 28.7 Å². The summed E-state index contributed by atoms with van der Waals surface area (Å²) in [5.74, 6) is -5.82. The third-order valence-electron chi connectivity index (χ3n) is 3.21. The molecule has 1 saturated carbocycles. The van der Waals surface area contributed by atoms with E-state index in [1.54, 1.807) is 0 Å². The lowest BCUT2D eigenvalue weighted by atomic mass is 10.1. The highest BCUT2D eigenvalue weighted by Crippen LogP contribution is 2.62. The first kappa shape index (κ1) is 14.1. The van der Waals surface area contributed by atoms with Gasteiger partial charge in [0.1, 0.15) is 0 Å². The van der Waals surface area contributed by atoms with E-state index in [-0.39, 0.29) is 5.69 Å². The number of alkyl halides is 2. The van der Waals surface area contributed by atoms with Crippen LogP contribution in [0.15, 0.2) is 36.4 Å². The van der Waals surface area contributed by atoms with E-state index in [1.165, 1.54) is 24.3 Å². The van der Waals surface area contributed by atoms with Crippen molar-refractivity contribution in [3.05, 3.63) is 52.1 Å². The van der Waals surface area contributed by atoms with Crippen LogP contribution in [-0.2, 0) is 9.53 Å². The van der Waals surface area contributed by atoms with Gasteiger partial charge in [0.15, 0.2) is 0 Å². The lowest BCUT2D eigenvalue weighted by molar-refractivity contribution is -0.384. The van der Waals surface area contributed by atoms with E-state index in [4.69, 9.17) is 0 Å². The monoisotopic (exact) mass is 283 g/mol. The molecule has 0 N–H and O–H groups in total. The number of hydrogen-bond donors (Lipinski definition) is 0. The molecule has 0 radical (unpaired) electrons. The molecule has 20 heavy (non-hydrogen) atoms. The van der Waals surface area contributed by atoms with Crippen LogP contribution in [0.5, 0.6) is 0 Å². The molecule has 1 aromatic rings.